The molecule has 0 amide bonds. The lowest BCUT2D eigenvalue weighted by molar-refractivity contribution is -0.0712. The highest BCUT2D eigenvalue weighted by Gasteiger charge is 2.50. The molecule has 0 bridgehead atoms. The third-order valence-electron chi connectivity index (χ3n) is 4.15. The van der Waals surface area contributed by atoms with E-state index in [9.17, 15) is 4.79 Å². The Balaban J connectivity index is 2.40. The lowest BCUT2D eigenvalue weighted by Gasteiger charge is -2.26. The first-order valence-electron chi connectivity index (χ1n) is 6.80. The van der Waals surface area contributed by atoms with E-state index in [2.05, 4.69) is 5.10 Å². The van der Waals surface area contributed by atoms with E-state index in [-0.39, 0.29) is 17.3 Å². The van der Waals surface area contributed by atoms with E-state index >= 15 is 0 Å². The first-order valence-corrected chi connectivity index (χ1v) is 6.80. The number of carbonyl (C=O) groups excluding carboxylic acids is 1. The first-order chi connectivity index (χ1) is 8.55. The predicted molar refractivity (Wildman–Crippen MR) is 74.4 cm³/mol. The summed E-state index contributed by atoms with van der Waals surface area (Å²) < 4.78 is 7.80. The summed E-state index contributed by atoms with van der Waals surface area (Å²) in [5.41, 5.74) is 1.85. The second kappa shape index (κ2) is 4.17. The molecule has 0 aliphatic carbocycles. The molecule has 0 radical (unpaired) electrons. The van der Waals surface area contributed by atoms with Crippen molar-refractivity contribution >= 4 is 5.78 Å². The van der Waals surface area contributed by atoms with Crippen LogP contribution in [0.15, 0.2) is 0 Å². The van der Waals surface area contributed by atoms with Gasteiger partial charge in [0.05, 0.1) is 28.4 Å². The van der Waals surface area contributed by atoms with Gasteiger partial charge in [-0.05, 0) is 48.0 Å². The van der Waals surface area contributed by atoms with Crippen LogP contribution >= 0.6 is 0 Å². The van der Waals surface area contributed by atoms with Crippen LogP contribution in [-0.2, 0) is 11.8 Å². The number of nitrogens with zero attached hydrogens (tertiary/aromatic N) is 2. The molecule has 1 aromatic heterocycles. The maximum atomic E-state index is 12.9. The van der Waals surface area contributed by atoms with Crippen molar-refractivity contribution in [1.29, 1.82) is 0 Å². The summed E-state index contributed by atoms with van der Waals surface area (Å²) in [5, 5.41) is 4.34. The number of hydrogen-bond donors (Lipinski definition) is 0. The zero-order chi connectivity index (χ0) is 14.6. The van der Waals surface area contributed by atoms with E-state index in [1.807, 2.05) is 48.6 Å². The highest BCUT2D eigenvalue weighted by atomic mass is 16.5. The summed E-state index contributed by atoms with van der Waals surface area (Å²) in [7, 11) is 1.87. The molecule has 4 heteroatoms. The molecule has 1 aromatic rings. The summed E-state index contributed by atoms with van der Waals surface area (Å²) in [5.74, 6) is 0.0581. The Morgan fingerprint density at radius 1 is 1.32 bits per heavy atom. The van der Waals surface area contributed by atoms with Crippen molar-refractivity contribution in [3.63, 3.8) is 0 Å². The van der Waals surface area contributed by atoms with Crippen molar-refractivity contribution in [2.24, 2.45) is 13.0 Å². The van der Waals surface area contributed by atoms with E-state index in [4.69, 9.17) is 4.74 Å². The van der Waals surface area contributed by atoms with E-state index in [1.165, 1.54) is 0 Å². The van der Waals surface area contributed by atoms with Crippen LogP contribution in [-0.4, -0.2) is 26.8 Å². The number of Topliss-reactive ketones (excluding diaryl/α,β-unsaturated/α-hetero) is 1. The van der Waals surface area contributed by atoms with E-state index in [0.29, 0.717) is 0 Å². The molecule has 0 spiro atoms. The molecule has 106 valence electrons. The Bertz CT molecular complexity index is 526. The van der Waals surface area contributed by atoms with Gasteiger partial charge in [-0.15, -0.1) is 0 Å². The topological polar surface area (TPSA) is 44.1 Å². The molecule has 1 fully saturated rings. The molecule has 1 atom stereocenters. The molecule has 1 aliphatic rings. The minimum Gasteiger partial charge on any atom is -0.369 e. The largest absolute Gasteiger partial charge is 0.369 e. The lowest BCUT2D eigenvalue weighted by Crippen LogP contribution is -2.34. The monoisotopic (exact) mass is 264 g/mol. The maximum Gasteiger partial charge on any atom is 0.172 e. The Hall–Kier alpha value is -1.16. The molecular formula is C15H24N2O2. The summed E-state index contributed by atoms with van der Waals surface area (Å²) in [6.45, 7) is 11.9. The van der Waals surface area contributed by atoms with E-state index in [1.54, 1.807) is 4.68 Å². The van der Waals surface area contributed by atoms with Crippen LogP contribution in [0.1, 0.15) is 55.9 Å². The molecule has 19 heavy (non-hydrogen) atoms. The summed E-state index contributed by atoms with van der Waals surface area (Å²) in [6, 6.07) is 0. The average Bonchev–Trinajstić information content (AvgIpc) is 2.60. The first kappa shape index (κ1) is 14.3. The zero-order valence-corrected chi connectivity index (χ0v) is 13.0. The third kappa shape index (κ3) is 2.34. The molecule has 1 saturated heterocycles. The molecule has 1 aliphatic heterocycles. The Kier molecular flexibility index (Phi) is 3.13. The van der Waals surface area contributed by atoms with Crippen molar-refractivity contribution in [3.8, 4) is 0 Å². The normalized spacial score (nSPS) is 24.7. The Morgan fingerprint density at radius 2 is 1.89 bits per heavy atom. The number of carbonyl (C=O) groups is 1. The van der Waals surface area contributed by atoms with Gasteiger partial charge in [0.1, 0.15) is 0 Å². The smallest absolute Gasteiger partial charge is 0.172 e. The number of ether oxygens (including phenoxy) is 1. The van der Waals surface area contributed by atoms with E-state index < -0.39 is 5.60 Å². The van der Waals surface area contributed by atoms with Crippen LogP contribution in [0.4, 0.5) is 0 Å². The number of ketones is 1. The summed E-state index contributed by atoms with van der Waals surface area (Å²) >= 11 is 0. The Morgan fingerprint density at radius 3 is 2.26 bits per heavy atom. The molecule has 0 saturated carbocycles. The van der Waals surface area contributed by atoms with Crippen LogP contribution in [0.3, 0.4) is 0 Å². The molecule has 4 nitrogen and oxygen atoms in total. The summed E-state index contributed by atoms with van der Waals surface area (Å²) in [6.07, 6.45) is 0.757. The molecule has 2 heterocycles. The van der Waals surface area contributed by atoms with Gasteiger partial charge in [-0.1, -0.05) is 0 Å². The van der Waals surface area contributed by atoms with Crippen molar-refractivity contribution < 1.29 is 9.53 Å². The van der Waals surface area contributed by atoms with Gasteiger partial charge in [0.15, 0.2) is 5.78 Å². The minimum absolute atomic E-state index is 0.107. The van der Waals surface area contributed by atoms with Gasteiger partial charge in [-0.3, -0.25) is 9.48 Å². The number of aryl methyl sites for hydroxylation is 2. The number of hydrogen-bond acceptors (Lipinski definition) is 3. The van der Waals surface area contributed by atoms with Crippen molar-refractivity contribution in [1.82, 2.24) is 9.78 Å². The molecular weight excluding hydrogens is 240 g/mol. The highest BCUT2D eigenvalue weighted by Crippen LogP contribution is 2.43. The van der Waals surface area contributed by atoms with Crippen LogP contribution in [0.2, 0.25) is 0 Å². The van der Waals surface area contributed by atoms with Crippen molar-refractivity contribution in [2.45, 2.75) is 59.2 Å². The fourth-order valence-corrected chi connectivity index (χ4v) is 3.28. The quantitative estimate of drug-likeness (QED) is 0.771. The molecule has 0 N–H and O–H groups in total. The van der Waals surface area contributed by atoms with Crippen LogP contribution in [0.25, 0.3) is 0 Å². The number of aromatic nitrogens is 2. The van der Waals surface area contributed by atoms with Crippen LogP contribution in [0.5, 0.6) is 0 Å². The fourth-order valence-electron chi connectivity index (χ4n) is 3.28. The van der Waals surface area contributed by atoms with Crippen molar-refractivity contribution in [2.75, 3.05) is 0 Å². The van der Waals surface area contributed by atoms with Gasteiger partial charge in [0.25, 0.3) is 0 Å². The molecule has 2 rings (SSSR count). The molecule has 0 aromatic carbocycles. The SMILES string of the molecule is Cc1nn(C)c(C)c1C(=O)C1CC(C)(C)OC1(C)C. The zero-order valence-electron chi connectivity index (χ0n) is 13.0. The van der Waals surface area contributed by atoms with Gasteiger partial charge in [-0.25, -0.2) is 0 Å². The van der Waals surface area contributed by atoms with Crippen molar-refractivity contribution in [3.05, 3.63) is 17.0 Å². The minimum atomic E-state index is -0.421. The van der Waals surface area contributed by atoms with Gasteiger partial charge in [-0.2, -0.15) is 5.10 Å². The maximum absolute atomic E-state index is 12.9. The second-order valence-corrected chi connectivity index (χ2v) is 6.76. The van der Waals surface area contributed by atoms with E-state index in [0.717, 1.165) is 23.4 Å². The Labute approximate surface area is 115 Å². The van der Waals surface area contributed by atoms with Gasteiger partial charge < -0.3 is 4.74 Å². The lowest BCUT2D eigenvalue weighted by atomic mass is 9.81. The average molecular weight is 264 g/mol. The number of rotatable bonds is 2. The van der Waals surface area contributed by atoms with Gasteiger partial charge in [0.2, 0.25) is 0 Å². The van der Waals surface area contributed by atoms with Gasteiger partial charge >= 0.3 is 0 Å². The fraction of sp³-hybridized carbons (Fsp3) is 0.733. The van der Waals surface area contributed by atoms with Gasteiger partial charge in [0, 0.05) is 12.7 Å². The second-order valence-electron chi connectivity index (χ2n) is 6.76. The predicted octanol–water partition coefficient (Wildman–Crippen LogP) is 2.81. The summed E-state index contributed by atoms with van der Waals surface area (Å²) in [4.78, 5) is 12.9. The highest BCUT2D eigenvalue weighted by molar-refractivity contribution is 6.00. The third-order valence-corrected chi connectivity index (χ3v) is 4.15. The van der Waals surface area contributed by atoms with Crippen LogP contribution < -0.4 is 0 Å². The van der Waals surface area contributed by atoms with Crippen LogP contribution in [0, 0.1) is 19.8 Å². The molecule has 1 unspecified atom stereocenters. The standard InChI is InChI=1S/C15H24N2O2/c1-9-12(10(2)17(7)16-9)13(18)11-8-14(3,4)19-15(11,5)6/h11H,8H2,1-7H3.